The van der Waals surface area contributed by atoms with Gasteiger partial charge in [0.1, 0.15) is 0 Å². The van der Waals surface area contributed by atoms with E-state index in [4.69, 9.17) is 5.73 Å². The summed E-state index contributed by atoms with van der Waals surface area (Å²) in [5.41, 5.74) is 5.35. The molecule has 0 aliphatic carbocycles. The van der Waals surface area contributed by atoms with Crippen molar-refractivity contribution in [3.8, 4) is 0 Å². The minimum absolute atomic E-state index is 0.123. The summed E-state index contributed by atoms with van der Waals surface area (Å²) in [6, 6.07) is 0. The van der Waals surface area contributed by atoms with Gasteiger partial charge in [0.2, 0.25) is 0 Å². The van der Waals surface area contributed by atoms with E-state index in [1.54, 1.807) is 0 Å². The summed E-state index contributed by atoms with van der Waals surface area (Å²) in [4.78, 5) is 10.2. The van der Waals surface area contributed by atoms with Gasteiger partial charge in [-0.3, -0.25) is 0 Å². The molecule has 0 unspecified atom stereocenters. The smallest absolute Gasteiger partial charge is 0.0835 e. The van der Waals surface area contributed by atoms with E-state index in [-0.39, 0.29) is 6.42 Å². The highest BCUT2D eigenvalue weighted by Gasteiger charge is 2.13. The molecule has 0 bridgehead atoms. The van der Waals surface area contributed by atoms with E-state index in [0.717, 1.165) is 13.0 Å². The van der Waals surface area contributed by atoms with Crippen molar-refractivity contribution in [1.82, 2.24) is 0 Å². The first-order chi connectivity index (χ1) is 5.48. The number of carbonyl (C=O) groups excluding carboxylic acids is 1. The number of nitrogens with two attached hydrogens (primary N) is 1. The van der Waals surface area contributed by atoms with E-state index >= 15 is 0 Å². The van der Waals surface area contributed by atoms with Gasteiger partial charge in [0, 0.05) is 18.8 Å². The summed E-state index contributed by atoms with van der Waals surface area (Å²) in [7, 11) is 4.00. The van der Waals surface area contributed by atoms with Gasteiger partial charge in [0.15, 0.2) is 0 Å². The maximum Gasteiger partial charge on any atom is 0.0835 e. The number of aliphatic carboxylic acids is 1. The van der Waals surface area contributed by atoms with Crippen LogP contribution in [-0.4, -0.2) is 44.2 Å². The molecule has 0 atom stereocenters. The van der Waals surface area contributed by atoms with Crippen molar-refractivity contribution in [2.75, 3.05) is 33.7 Å². The van der Waals surface area contributed by atoms with Gasteiger partial charge in [-0.1, -0.05) is 0 Å². The summed E-state index contributed by atoms with van der Waals surface area (Å²) >= 11 is 0. The predicted molar refractivity (Wildman–Crippen MR) is 45.1 cm³/mol. The van der Waals surface area contributed by atoms with Crippen LogP contribution in [0.25, 0.3) is 0 Å². The van der Waals surface area contributed by atoms with Gasteiger partial charge in [-0.2, -0.15) is 0 Å². The molecule has 0 fully saturated rings. The Bertz CT molecular complexity index is 146. The van der Waals surface area contributed by atoms with Gasteiger partial charge >= 0.3 is 0 Å². The van der Waals surface area contributed by atoms with Gasteiger partial charge in [-0.25, -0.2) is 0 Å². The molecule has 72 valence electrons. The van der Waals surface area contributed by atoms with Crippen LogP contribution in [0.3, 0.4) is 0 Å². The Morgan fingerprint density at radius 1 is 1.42 bits per heavy atom. The van der Waals surface area contributed by atoms with Crippen molar-refractivity contribution in [1.29, 1.82) is 0 Å². The number of hydrogen-bond acceptors (Lipinski definition) is 3. The van der Waals surface area contributed by atoms with Crippen molar-refractivity contribution in [3.63, 3.8) is 0 Å². The number of carboxylic acid groups (broad SMARTS) is 1. The van der Waals surface area contributed by atoms with Crippen LogP contribution in [0.1, 0.15) is 12.8 Å². The Balaban J connectivity index is 3.63. The number of quaternary nitrogens is 1. The average Bonchev–Trinajstić information content (AvgIpc) is 1.98. The monoisotopic (exact) mass is 174 g/mol. The van der Waals surface area contributed by atoms with E-state index in [0.29, 0.717) is 17.6 Å². The standard InChI is InChI=1S/C8H18N2O2/c1-10(2,6-3-5-9)7-4-8(11)12/h3-7,9H2,1-2H3. The Labute approximate surface area is 73.6 Å². The first kappa shape index (κ1) is 11.4. The van der Waals surface area contributed by atoms with Crippen molar-refractivity contribution in [2.24, 2.45) is 5.73 Å². The first-order valence-corrected chi connectivity index (χ1v) is 4.20. The first-order valence-electron chi connectivity index (χ1n) is 4.20. The Kier molecular flexibility index (Phi) is 4.85. The summed E-state index contributed by atoms with van der Waals surface area (Å²) < 4.78 is 0.700. The van der Waals surface area contributed by atoms with Gasteiger partial charge in [-0.15, -0.1) is 0 Å². The Morgan fingerprint density at radius 2 is 2.00 bits per heavy atom. The average molecular weight is 174 g/mol. The number of hydrogen-bond donors (Lipinski definition) is 1. The van der Waals surface area contributed by atoms with Gasteiger partial charge in [0.05, 0.1) is 27.2 Å². The molecule has 0 radical (unpaired) electrons. The second kappa shape index (κ2) is 5.11. The lowest BCUT2D eigenvalue weighted by molar-refractivity contribution is -0.890. The fourth-order valence-corrected chi connectivity index (χ4v) is 1.03. The summed E-state index contributed by atoms with van der Waals surface area (Å²) in [6.45, 7) is 2.19. The largest absolute Gasteiger partial charge is 0.550 e. The molecule has 0 saturated heterocycles. The molecule has 0 aromatic rings. The third-order valence-corrected chi connectivity index (χ3v) is 1.89. The summed E-state index contributed by atoms with van der Waals surface area (Å²) in [5.74, 6) is -0.978. The van der Waals surface area contributed by atoms with E-state index < -0.39 is 5.97 Å². The predicted octanol–water partition coefficient (Wildman–Crippen LogP) is -1.45. The molecule has 4 heteroatoms. The maximum atomic E-state index is 10.2. The molecule has 0 rings (SSSR count). The fraction of sp³-hybridized carbons (Fsp3) is 0.875. The van der Waals surface area contributed by atoms with E-state index in [1.165, 1.54) is 0 Å². The molecule has 12 heavy (non-hydrogen) atoms. The molecule has 0 aliphatic rings. The fourth-order valence-electron chi connectivity index (χ4n) is 1.03. The van der Waals surface area contributed by atoms with Crippen LogP contribution in [0.15, 0.2) is 0 Å². The SMILES string of the molecule is C[N+](C)(CCCN)CCC(=O)[O-]. The number of rotatable bonds is 6. The lowest BCUT2D eigenvalue weighted by atomic mass is 10.3. The second-order valence-electron chi connectivity index (χ2n) is 3.65. The Hall–Kier alpha value is -0.610. The molecule has 0 spiro atoms. The van der Waals surface area contributed by atoms with Crippen molar-refractivity contribution in [3.05, 3.63) is 0 Å². The van der Waals surface area contributed by atoms with Crippen LogP contribution < -0.4 is 10.8 Å². The number of nitrogens with zero attached hydrogens (tertiary/aromatic N) is 1. The lowest BCUT2D eigenvalue weighted by Gasteiger charge is -2.29. The third kappa shape index (κ3) is 6.12. The van der Waals surface area contributed by atoms with Crippen LogP contribution in [0.4, 0.5) is 0 Å². The van der Waals surface area contributed by atoms with E-state index in [1.807, 2.05) is 14.1 Å². The summed E-state index contributed by atoms with van der Waals surface area (Å²) in [6.07, 6.45) is 1.05. The minimum Gasteiger partial charge on any atom is -0.550 e. The molecule has 0 aromatic heterocycles. The zero-order chi connectivity index (χ0) is 9.61. The molecule has 2 N–H and O–H groups in total. The van der Waals surface area contributed by atoms with Crippen molar-refractivity contribution < 1.29 is 14.4 Å². The Morgan fingerprint density at radius 3 is 2.42 bits per heavy atom. The van der Waals surface area contributed by atoms with E-state index in [2.05, 4.69) is 0 Å². The zero-order valence-electron chi connectivity index (χ0n) is 7.88. The zero-order valence-corrected chi connectivity index (χ0v) is 7.88. The van der Waals surface area contributed by atoms with Crippen molar-refractivity contribution >= 4 is 5.97 Å². The molecular formula is C8H18N2O2. The number of carbonyl (C=O) groups is 1. The highest BCUT2D eigenvalue weighted by atomic mass is 16.4. The molecule has 0 aromatic carbocycles. The second-order valence-corrected chi connectivity index (χ2v) is 3.65. The molecule has 0 aliphatic heterocycles. The quantitative estimate of drug-likeness (QED) is 0.501. The molecule has 0 heterocycles. The van der Waals surface area contributed by atoms with Crippen LogP contribution >= 0.6 is 0 Å². The van der Waals surface area contributed by atoms with Gasteiger partial charge < -0.3 is 20.1 Å². The van der Waals surface area contributed by atoms with Crippen LogP contribution in [0, 0.1) is 0 Å². The highest BCUT2D eigenvalue weighted by molar-refractivity contribution is 5.64. The number of carboxylic acids is 1. The highest BCUT2D eigenvalue weighted by Crippen LogP contribution is 1.99. The molecule has 0 amide bonds. The topological polar surface area (TPSA) is 66.2 Å². The van der Waals surface area contributed by atoms with Crippen LogP contribution in [0.2, 0.25) is 0 Å². The normalized spacial score (nSPS) is 11.6. The lowest BCUT2D eigenvalue weighted by Crippen LogP contribution is -2.44. The van der Waals surface area contributed by atoms with Gasteiger partial charge in [-0.05, 0) is 6.54 Å². The van der Waals surface area contributed by atoms with E-state index in [9.17, 15) is 9.90 Å². The molecule has 4 nitrogen and oxygen atoms in total. The van der Waals surface area contributed by atoms with Crippen molar-refractivity contribution in [2.45, 2.75) is 12.8 Å². The minimum atomic E-state index is -0.978. The van der Waals surface area contributed by atoms with Gasteiger partial charge in [0.25, 0.3) is 0 Å². The third-order valence-electron chi connectivity index (χ3n) is 1.89. The summed E-state index contributed by atoms with van der Waals surface area (Å²) in [5, 5.41) is 10.2. The molecule has 0 saturated carbocycles. The van der Waals surface area contributed by atoms with Crippen LogP contribution in [0.5, 0.6) is 0 Å². The maximum absolute atomic E-state index is 10.2. The van der Waals surface area contributed by atoms with Crippen LogP contribution in [-0.2, 0) is 4.79 Å². The molecular weight excluding hydrogens is 156 g/mol.